The van der Waals surface area contributed by atoms with Crippen molar-refractivity contribution in [1.29, 1.82) is 0 Å². The highest BCUT2D eigenvalue weighted by atomic mass is 32.1. The minimum absolute atomic E-state index is 0.310. The molecular formula is C16H14N4OS. The van der Waals surface area contributed by atoms with E-state index in [9.17, 15) is 4.79 Å². The van der Waals surface area contributed by atoms with Crippen LogP contribution in [-0.4, -0.2) is 22.3 Å². The third kappa shape index (κ3) is 3.12. The second-order valence-electron chi connectivity index (χ2n) is 4.70. The Morgan fingerprint density at radius 3 is 2.95 bits per heavy atom. The molecule has 0 radical (unpaired) electrons. The third-order valence-corrected chi connectivity index (χ3v) is 4.06. The van der Waals surface area contributed by atoms with Gasteiger partial charge in [-0.1, -0.05) is 30.3 Å². The number of benzene rings is 1. The van der Waals surface area contributed by atoms with Gasteiger partial charge in [-0.15, -0.1) is 11.3 Å². The Hall–Kier alpha value is -2.73. The van der Waals surface area contributed by atoms with Gasteiger partial charge in [0, 0.05) is 0 Å². The Balaban J connectivity index is 1.67. The maximum absolute atomic E-state index is 12.0. The van der Waals surface area contributed by atoms with Crippen molar-refractivity contribution >= 4 is 23.5 Å². The zero-order chi connectivity index (χ0) is 15.4. The Morgan fingerprint density at radius 1 is 1.32 bits per heavy atom. The summed E-state index contributed by atoms with van der Waals surface area (Å²) in [6.45, 7) is 1.99. The van der Waals surface area contributed by atoms with E-state index in [0.29, 0.717) is 5.69 Å². The lowest BCUT2D eigenvalue weighted by Crippen LogP contribution is -2.18. The molecule has 22 heavy (non-hydrogen) atoms. The molecule has 2 aromatic heterocycles. The number of H-pyrrole nitrogens is 1. The molecule has 110 valence electrons. The molecule has 0 aliphatic carbocycles. The highest BCUT2D eigenvalue weighted by Gasteiger charge is 2.11. The molecule has 0 atom stereocenters. The molecule has 0 unspecified atom stereocenters. The molecule has 5 nitrogen and oxygen atoms in total. The summed E-state index contributed by atoms with van der Waals surface area (Å²) >= 11 is 1.59. The number of hydrogen-bond donors (Lipinski definition) is 2. The lowest BCUT2D eigenvalue weighted by Gasteiger charge is -1.98. The molecule has 0 fully saturated rings. The summed E-state index contributed by atoms with van der Waals surface area (Å²) in [5, 5.41) is 12.8. The van der Waals surface area contributed by atoms with E-state index in [0.717, 1.165) is 21.7 Å². The molecule has 0 aliphatic rings. The third-order valence-electron chi connectivity index (χ3n) is 3.16. The molecule has 3 aromatic rings. The second-order valence-corrected chi connectivity index (χ2v) is 5.65. The van der Waals surface area contributed by atoms with Gasteiger partial charge in [-0.2, -0.15) is 10.2 Å². The SMILES string of the molecule is Cc1ccccc1C=NNC(=O)c1cc(-c2cccs2)[nH]n1. The molecule has 1 amide bonds. The molecule has 2 N–H and O–H groups in total. The molecule has 0 saturated carbocycles. The average molecular weight is 310 g/mol. The summed E-state index contributed by atoms with van der Waals surface area (Å²) in [7, 11) is 0. The van der Waals surface area contributed by atoms with E-state index in [-0.39, 0.29) is 5.91 Å². The predicted molar refractivity (Wildman–Crippen MR) is 88.1 cm³/mol. The topological polar surface area (TPSA) is 70.1 Å². The Bertz CT molecular complexity index is 805. The van der Waals surface area contributed by atoms with Crippen molar-refractivity contribution in [3.63, 3.8) is 0 Å². The number of aromatic nitrogens is 2. The number of aromatic amines is 1. The van der Waals surface area contributed by atoms with Crippen LogP contribution in [0.15, 0.2) is 52.9 Å². The van der Waals surface area contributed by atoms with Gasteiger partial charge in [-0.25, -0.2) is 5.43 Å². The number of nitrogens with zero attached hydrogens (tertiary/aromatic N) is 2. The van der Waals surface area contributed by atoms with Crippen molar-refractivity contribution in [2.24, 2.45) is 5.10 Å². The van der Waals surface area contributed by atoms with Crippen LogP contribution < -0.4 is 5.43 Å². The average Bonchev–Trinajstić information content (AvgIpc) is 3.20. The monoisotopic (exact) mass is 310 g/mol. The summed E-state index contributed by atoms with van der Waals surface area (Å²) in [4.78, 5) is 13.0. The van der Waals surface area contributed by atoms with Crippen LogP contribution in [-0.2, 0) is 0 Å². The largest absolute Gasteiger partial charge is 0.291 e. The Kier molecular flexibility index (Phi) is 4.11. The molecule has 1 aromatic carbocycles. The van der Waals surface area contributed by atoms with Crippen molar-refractivity contribution in [2.75, 3.05) is 0 Å². The van der Waals surface area contributed by atoms with E-state index in [1.165, 1.54) is 0 Å². The van der Waals surface area contributed by atoms with E-state index in [2.05, 4.69) is 20.7 Å². The van der Waals surface area contributed by atoms with Gasteiger partial charge in [-0.05, 0) is 35.6 Å². The lowest BCUT2D eigenvalue weighted by molar-refractivity contribution is 0.0950. The summed E-state index contributed by atoms with van der Waals surface area (Å²) in [5.41, 5.74) is 5.68. The number of aryl methyl sites for hydroxylation is 1. The summed E-state index contributed by atoms with van der Waals surface area (Å²) in [6, 6.07) is 13.4. The molecule has 0 bridgehead atoms. The molecule has 0 saturated heterocycles. The predicted octanol–water partition coefficient (Wildman–Crippen LogP) is 3.21. The van der Waals surface area contributed by atoms with Crippen LogP contribution >= 0.6 is 11.3 Å². The van der Waals surface area contributed by atoms with Crippen LogP contribution in [0.4, 0.5) is 0 Å². The first-order valence-corrected chi connectivity index (χ1v) is 7.60. The molecule has 0 aliphatic heterocycles. The van der Waals surface area contributed by atoms with Crippen molar-refractivity contribution in [1.82, 2.24) is 15.6 Å². The van der Waals surface area contributed by atoms with Crippen molar-refractivity contribution in [3.8, 4) is 10.6 Å². The zero-order valence-electron chi connectivity index (χ0n) is 11.9. The van der Waals surface area contributed by atoms with Crippen LogP contribution in [0.1, 0.15) is 21.6 Å². The zero-order valence-corrected chi connectivity index (χ0v) is 12.7. The Morgan fingerprint density at radius 2 is 2.18 bits per heavy atom. The standard InChI is InChI=1S/C16H14N4OS/c1-11-5-2-3-6-12(11)10-17-20-16(21)14-9-13(18-19-14)15-7-4-8-22-15/h2-10H,1H3,(H,18,19)(H,20,21). The summed E-state index contributed by atoms with van der Waals surface area (Å²) < 4.78 is 0. The number of carbonyl (C=O) groups excluding carboxylic acids is 1. The van der Waals surface area contributed by atoms with Gasteiger partial charge in [0.1, 0.15) is 0 Å². The Labute approximate surface area is 131 Å². The second kappa shape index (κ2) is 6.36. The van der Waals surface area contributed by atoms with Gasteiger partial charge in [0.05, 0.1) is 16.8 Å². The van der Waals surface area contributed by atoms with Crippen LogP contribution in [0.3, 0.4) is 0 Å². The highest BCUT2D eigenvalue weighted by molar-refractivity contribution is 7.13. The van der Waals surface area contributed by atoms with Crippen molar-refractivity contribution in [2.45, 2.75) is 6.92 Å². The fourth-order valence-corrected chi connectivity index (χ4v) is 2.64. The van der Waals surface area contributed by atoms with Crippen LogP contribution in [0.25, 0.3) is 10.6 Å². The lowest BCUT2D eigenvalue weighted by atomic mass is 10.1. The minimum atomic E-state index is -0.344. The van der Waals surface area contributed by atoms with Crippen LogP contribution in [0.2, 0.25) is 0 Å². The molecule has 2 heterocycles. The first-order valence-electron chi connectivity index (χ1n) is 6.72. The molecular weight excluding hydrogens is 296 g/mol. The number of hydrazone groups is 1. The number of hydrogen-bond acceptors (Lipinski definition) is 4. The van der Waals surface area contributed by atoms with E-state index < -0.39 is 0 Å². The van der Waals surface area contributed by atoms with Gasteiger partial charge in [0.2, 0.25) is 0 Å². The van der Waals surface area contributed by atoms with E-state index in [1.54, 1.807) is 23.6 Å². The quantitative estimate of drug-likeness (QED) is 0.574. The summed E-state index contributed by atoms with van der Waals surface area (Å²) in [5.74, 6) is -0.344. The fourth-order valence-electron chi connectivity index (χ4n) is 1.95. The number of thiophene rings is 1. The van der Waals surface area contributed by atoms with Crippen molar-refractivity contribution in [3.05, 3.63) is 64.7 Å². The number of carbonyl (C=O) groups is 1. The molecule has 6 heteroatoms. The smallest absolute Gasteiger partial charge is 0.276 e. The van der Waals surface area contributed by atoms with Gasteiger partial charge < -0.3 is 0 Å². The molecule has 0 spiro atoms. The van der Waals surface area contributed by atoms with Gasteiger partial charge in [-0.3, -0.25) is 9.89 Å². The minimum Gasteiger partial charge on any atom is -0.276 e. The maximum atomic E-state index is 12.0. The highest BCUT2D eigenvalue weighted by Crippen LogP contribution is 2.22. The first kappa shape index (κ1) is 14.2. The van der Waals surface area contributed by atoms with Gasteiger partial charge in [0.15, 0.2) is 5.69 Å². The van der Waals surface area contributed by atoms with Crippen LogP contribution in [0.5, 0.6) is 0 Å². The van der Waals surface area contributed by atoms with Crippen LogP contribution in [0, 0.1) is 6.92 Å². The molecule has 3 rings (SSSR count). The van der Waals surface area contributed by atoms with Crippen molar-refractivity contribution < 1.29 is 4.79 Å². The first-order chi connectivity index (χ1) is 10.7. The van der Waals surface area contributed by atoms with E-state index >= 15 is 0 Å². The van der Waals surface area contributed by atoms with E-state index in [1.807, 2.05) is 48.7 Å². The summed E-state index contributed by atoms with van der Waals surface area (Å²) in [6.07, 6.45) is 1.63. The van der Waals surface area contributed by atoms with Gasteiger partial charge in [0.25, 0.3) is 5.91 Å². The number of rotatable bonds is 4. The normalized spacial score (nSPS) is 11.0. The van der Waals surface area contributed by atoms with E-state index in [4.69, 9.17) is 0 Å². The van der Waals surface area contributed by atoms with Gasteiger partial charge >= 0.3 is 0 Å². The maximum Gasteiger partial charge on any atom is 0.291 e. The number of nitrogens with one attached hydrogen (secondary N) is 2. The fraction of sp³-hybridized carbons (Fsp3) is 0.0625. The number of amides is 1.